The molecule has 4 rings (SSSR count). The van der Waals surface area contributed by atoms with Gasteiger partial charge in [0.15, 0.2) is 15.6 Å². The summed E-state index contributed by atoms with van der Waals surface area (Å²) < 4.78 is 30.3. The Balaban J connectivity index is 1.70. The van der Waals surface area contributed by atoms with Gasteiger partial charge < -0.3 is 9.32 Å². The number of nitrogens with zero attached hydrogens (tertiary/aromatic N) is 1. The van der Waals surface area contributed by atoms with E-state index >= 15 is 0 Å². The van der Waals surface area contributed by atoms with Gasteiger partial charge in [0.2, 0.25) is 0 Å². The Kier molecular flexibility index (Phi) is 5.69. The molecule has 2 heterocycles. The summed E-state index contributed by atoms with van der Waals surface area (Å²) in [5.74, 6) is 0.589. The summed E-state index contributed by atoms with van der Waals surface area (Å²) in [4.78, 5) is 15.3. The van der Waals surface area contributed by atoms with Crippen molar-refractivity contribution in [3.05, 3.63) is 70.5 Å². The molecule has 0 radical (unpaired) electrons. The number of hydrogen-bond acceptors (Lipinski definition) is 4. The lowest BCUT2D eigenvalue weighted by Crippen LogP contribution is -2.40. The van der Waals surface area contributed by atoms with Crippen LogP contribution in [0, 0.1) is 13.8 Å². The zero-order valence-electron chi connectivity index (χ0n) is 18.5. The molecule has 1 aromatic heterocycles. The molecule has 1 saturated heterocycles. The first-order valence-electron chi connectivity index (χ1n) is 10.7. The van der Waals surface area contributed by atoms with Crippen molar-refractivity contribution >= 4 is 26.7 Å². The third-order valence-corrected chi connectivity index (χ3v) is 7.95. The van der Waals surface area contributed by atoms with Gasteiger partial charge in [-0.3, -0.25) is 4.79 Å². The van der Waals surface area contributed by atoms with Crippen LogP contribution in [0.1, 0.15) is 59.0 Å². The molecule has 0 N–H and O–H groups in total. The first kappa shape index (κ1) is 21.6. The summed E-state index contributed by atoms with van der Waals surface area (Å²) in [7, 11) is -3.13. The summed E-state index contributed by atoms with van der Waals surface area (Å²) in [5, 5.41) is 0.911. The van der Waals surface area contributed by atoms with E-state index in [2.05, 4.69) is 26.0 Å². The highest BCUT2D eigenvalue weighted by molar-refractivity contribution is 7.91. The van der Waals surface area contributed by atoms with Crippen LogP contribution in [0.3, 0.4) is 0 Å². The van der Waals surface area contributed by atoms with Gasteiger partial charge in [0, 0.05) is 23.5 Å². The molecule has 0 aliphatic carbocycles. The fourth-order valence-corrected chi connectivity index (χ4v) is 5.99. The lowest BCUT2D eigenvalue weighted by Gasteiger charge is -2.28. The SMILES string of the molecule is Cc1ccc2c(C)c(C(=O)N(Cc3ccc(C(C)C)cc3)[C@@H]3CCS(=O)(=O)C3)oc2c1. The molecule has 1 amide bonds. The average Bonchev–Trinajstić information content (AvgIpc) is 3.24. The van der Waals surface area contributed by atoms with Crippen molar-refractivity contribution in [3.63, 3.8) is 0 Å². The predicted octanol–water partition coefficient (Wildman–Crippen LogP) is 5.00. The maximum Gasteiger partial charge on any atom is 0.290 e. The fraction of sp³-hybridized carbons (Fsp3) is 0.400. The van der Waals surface area contributed by atoms with E-state index in [0.29, 0.717) is 30.2 Å². The summed E-state index contributed by atoms with van der Waals surface area (Å²) in [6.45, 7) is 8.50. The van der Waals surface area contributed by atoms with Crippen LogP contribution < -0.4 is 0 Å². The standard InChI is InChI=1S/C25H29NO4S/c1-16(2)20-8-6-19(7-9-20)14-26(21-11-12-31(28,29)15-21)25(27)24-18(4)22-10-5-17(3)13-23(22)30-24/h5-10,13,16,21H,11-12,14-15H2,1-4H3/t21-/m1/s1. The third-order valence-electron chi connectivity index (χ3n) is 6.20. The molecule has 2 aromatic carbocycles. The molecule has 1 fully saturated rings. The highest BCUT2D eigenvalue weighted by atomic mass is 32.2. The van der Waals surface area contributed by atoms with E-state index in [0.717, 1.165) is 22.1 Å². The first-order valence-corrected chi connectivity index (χ1v) is 12.6. The van der Waals surface area contributed by atoms with Crippen molar-refractivity contribution < 1.29 is 17.6 Å². The number of fused-ring (bicyclic) bond motifs is 1. The molecule has 1 atom stereocenters. The van der Waals surface area contributed by atoms with E-state index in [9.17, 15) is 13.2 Å². The second-order valence-electron chi connectivity index (χ2n) is 8.94. The van der Waals surface area contributed by atoms with Crippen LogP contribution in [0.25, 0.3) is 11.0 Å². The minimum Gasteiger partial charge on any atom is -0.451 e. The lowest BCUT2D eigenvalue weighted by molar-refractivity contribution is 0.0649. The van der Waals surface area contributed by atoms with E-state index < -0.39 is 9.84 Å². The van der Waals surface area contributed by atoms with Crippen molar-refractivity contribution in [1.82, 2.24) is 4.90 Å². The van der Waals surface area contributed by atoms with Gasteiger partial charge in [0.25, 0.3) is 5.91 Å². The minimum absolute atomic E-state index is 0.00119. The monoisotopic (exact) mass is 439 g/mol. The number of sulfone groups is 1. The third kappa shape index (κ3) is 4.40. The Hall–Kier alpha value is -2.60. The summed E-state index contributed by atoms with van der Waals surface area (Å²) in [6, 6.07) is 13.7. The molecule has 31 heavy (non-hydrogen) atoms. The Morgan fingerprint density at radius 3 is 2.45 bits per heavy atom. The van der Waals surface area contributed by atoms with E-state index in [1.54, 1.807) is 4.90 Å². The molecule has 0 bridgehead atoms. The number of furan rings is 1. The van der Waals surface area contributed by atoms with Crippen LogP contribution in [-0.2, 0) is 16.4 Å². The van der Waals surface area contributed by atoms with Crippen molar-refractivity contribution in [1.29, 1.82) is 0 Å². The van der Waals surface area contributed by atoms with E-state index in [1.807, 2.05) is 44.2 Å². The summed E-state index contributed by atoms with van der Waals surface area (Å²) in [6.07, 6.45) is 0.455. The summed E-state index contributed by atoms with van der Waals surface area (Å²) in [5.41, 5.74) is 4.74. The van der Waals surface area contributed by atoms with Crippen LogP contribution in [0.15, 0.2) is 46.9 Å². The number of aryl methyl sites for hydroxylation is 2. The molecular weight excluding hydrogens is 410 g/mol. The average molecular weight is 440 g/mol. The highest BCUT2D eigenvalue weighted by Gasteiger charge is 2.36. The van der Waals surface area contributed by atoms with Gasteiger partial charge in [0.05, 0.1) is 11.5 Å². The van der Waals surface area contributed by atoms with Crippen LogP contribution in [0.2, 0.25) is 0 Å². The topological polar surface area (TPSA) is 67.6 Å². The van der Waals surface area contributed by atoms with Gasteiger partial charge in [-0.25, -0.2) is 8.42 Å². The van der Waals surface area contributed by atoms with Crippen molar-refractivity contribution in [2.24, 2.45) is 0 Å². The zero-order valence-corrected chi connectivity index (χ0v) is 19.3. The van der Waals surface area contributed by atoms with Gasteiger partial charge >= 0.3 is 0 Å². The lowest BCUT2D eigenvalue weighted by atomic mass is 10.0. The number of hydrogen-bond donors (Lipinski definition) is 0. The molecule has 3 aromatic rings. The van der Waals surface area contributed by atoms with Crippen LogP contribution in [0.4, 0.5) is 0 Å². The van der Waals surface area contributed by atoms with Gasteiger partial charge in [-0.2, -0.15) is 0 Å². The summed E-state index contributed by atoms with van der Waals surface area (Å²) >= 11 is 0. The fourth-order valence-electron chi connectivity index (χ4n) is 4.26. The minimum atomic E-state index is -3.13. The van der Waals surface area contributed by atoms with E-state index in [4.69, 9.17) is 4.42 Å². The second-order valence-corrected chi connectivity index (χ2v) is 11.2. The maximum atomic E-state index is 13.6. The number of rotatable bonds is 5. The van der Waals surface area contributed by atoms with Gasteiger partial charge in [-0.15, -0.1) is 0 Å². The van der Waals surface area contributed by atoms with Gasteiger partial charge in [0.1, 0.15) is 5.58 Å². The Morgan fingerprint density at radius 2 is 1.84 bits per heavy atom. The van der Waals surface area contributed by atoms with E-state index in [-0.39, 0.29) is 23.5 Å². The van der Waals surface area contributed by atoms with Crippen molar-refractivity contribution in [2.45, 2.75) is 52.6 Å². The van der Waals surface area contributed by atoms with Crippen LogP contribution in [-0.4, -0.2) is 36.8 Å². The molecule has 1 aliphatic heterocycles. The number of benzene rings is 2. The molecule has 0 saturated carbocycles. The Labute approximate surface area is 184 Å². The smallest absolute Gasteiger partial charge is 0.290 e. The molecule has 5 nitrogen and oxygen atoms in total. The van der Waals surface area contributed by atoms with Crippen LogP contribution in [0.5, 0.6) is 0 Å². The normalized spacial score (nSPS) is 18.0. The molecule has 6 heteroatoms. The highest BCUT2D eigenvalue weighted by Crippen LogP contribution is 2.30. The van der Waals surface area contributed by atoms with Gasteiger partial charge in [-0.05, 0) is 48.9 Å². The maximum absolute atomic E-state index is 13.6. The number of carbonyl (C=O) groups is 1. The molecular formula is C25H29NO4S. The van der Waals surface area contributed by atoms with Crippen LogP contribution >= 0.6 is 0 Å². The molecule has 0 spiro atoms. The first-order chi connectivity index (χ1) is 14.6. The predicted molar refractivity (Wildman–Crippen MR) is 123 cm³/mol. The molecule has 0 unspecified atom stereocenters. The Bertz CT molecular complexity index is 1220. The van der Waals surface area contributed by atoms with Crippen molar-refractivity contribution in [2.75, 3.05) is 11.5 Å². The van der Waals surface area contributed by atoms with Gasteiger partial charge in [-0.1, -0.05) is 50.2 Å². The van der Waals surface area contributed by atoms with Crippen molar-refractivity contribution in [3.8, 4) is 0 Å². The Morgan fingerprint density at radius 1 is 1.13 bits per heavy atom. The zero-order chi connectivity index (χ0) is 22.3. The molecule has 164 valence electrons. The quantitative estimate of drug-likeness (QED) is 0.561. The number of amides is 1. The number of carbonyl (C=O) groups excluding carboxylic acids is 1. The molecule has 1 aliphatic rings. The largest absolute Gasteiger partial charge is 0.451 e. The van der Waals surface area contributed by atoms with E-state index in [1.165, 1.54) is 5.56 Å². The second kappa shape index (κ2) is 8.15.